The molecule has 0 fully saturated rings. The largest absolute Gasteiger partial charge is 0.497 e. The monoisotopic (exact) mass is 506 g/mol. The predicted octanol–water partition coefficient (Wildman–Crippen LogP) is 5.16. The van der Waals surface area contributed by atoms with E-state index in [1.54, 1.807) is 61.6 Å². The summed E-state index contributed by atoms with van der Waals surface area (Å²) < 4.78 is 33.3. The van der Waals surface area contributed by atoms with Gasteiger partial charge in [-0.2, -0.15) is 4.31 Å². The fraction of sp³-hybridized carbons (Fsp3) is 0.208. The van der Waals surface area contributed by atoms with Crippen molar-refractivity contribution in [2.24, 2.45) is 0 Å². The minimum Gasteiger partial charge on any atom is -0.497 e. The number of likely N-dealkylation sites (N-methyl/N-ethyl adjacent to an activating group) is 1. The fourth-order valence-corrected chi connectivity index (χ4v) is 4.85. The Morgan fingerprint density at radius 2 is 1.67 bits per heavy atom. The van der Waals surface area contributed by atoms with E-state index in [0.717, 1.165) is 9.87 Å². The molecule has 0 aliphatic rings. The van der Waals surface area contributed by atoms with Crippen LogP contribution in [-0.4, -0.2) is 39.3 Å². The Morgan fingerprint density at radius 1 is 0.970 bits per heavy atom. The average molecular weight is 507 g/mol. The molecule has 0 radical (unpaired) electrons. The molecular weight excluding hydrogens is 483 g/mol. The second-order valence-electron chi connectivity index (χ2n) is 7.49. The highest BCUT2D eigenvalue weighted by Crippen LogP contribution is 2.26. The summed E-state index contributed by atoms with van der Waals surface area (Å²) in [7, 11) is -0.852. The van der Waals surface area contributed by atoms with Gasteiger partial charge in [-0.25, -0.2) is 8.42 Å². The predicted molar refractivity (Wildman–Crippen MR) is 132 cm³/mol. The highest BCUT2D eigenvalue weighted by atomic mass is 35.5. The number of aryl methyl sites for hydroxylation is 1. The number of anilines is 1. The number of amides is 1. The van der Waals surface area contributed by atoms with Crippen LogP contribution < -0.4 is 9.64 Å². The molecule has 0 unspecified atom stereocenters. The third-order valence-electron chi connectivity index (χ3n) is 5.13. The summed E-state index contributed by atoms with van der Waals surface area (Å²) in [5.41, 5.74) is 2.12. The molecule has 174 valence electrons. The van der Waals surface area contributed by atoms with Crippen LogP contribution >= 0.6 is 23.2 Å². The summed E-state index contributed by atoms with van der Waals surface area (Å²) in [5, 5.41) is 0.670. The lowest BCUT2D eigenvalue weighted by atomic mass is 10.2. The molecule has 9 heteroatoms. The van der Waals surface area contributed by atoms with E-state index in [0.29, 0.717) is 27.0 Å². The van der Waals surface area contributed by atoms with E-state index >= 15 is 0 Å². The normalized spacial score (nSPS) is 11.5. The lowest BCUT2D eigenvalue weighted by Crippen LogP contribution is -2.41. The zero-order valence-corrected chi connectivity index (χ0v) is 20.8. The lowest BCUT2D eigenvalue weighted by Gasteiger charge is -2.25. The van der Waals surface area contributed by atoms with Gasteiger partial charge in [0, 0.05) is 25.3 Å². The Kier molecular flexibility index (Phi) is 8.02. The molecular formula is C24H24Cl2N2O4S. The molecule has 3 aromatic rings. The van der Waals surface area contributed by atoms with Crippen LogP contribution in [0.25, 0.3) is 0 Å². The molecule has 0 saturated heterocycles. The molecule has 6 nitrogen and oxygen atoms in total. The van der Waals surface area contributed by atoms with E-state index in [-0.39, 0.29) is 18.0 Å². The topological polar surface area (TPSA) is 66.9 Å². The van der Waals surface area contributed by atoms with Gasteiger partial charge >= 0.3 is 0 Å². The molecule has 0 bridgehead atoms. The van der Waals surface area contributed by atoms with Gasteiger partial charge in [0.25, 0.3) is 0 Å². The number of halogens is 2. The smallest absolute Gasteiger partial charge is 0.243 e. The molecule has 1 amide bonds. The Balaban J connectivity index is 1.94. The zero-order chi connectivity index (χ0) is 24.2. The van der Waals surface area contributed by atoms with Crippen LogP contribution in [0.5, 0.6) is 5.75 Å². The van der Waals surface area contributed by atoms with Crippen LogP contribution in [0, 0.1) is 6.92 Å². The van der Waals surface area contributed by atoms with Crippen molar-refractivity contribution in [1.29, 1.82) is 0 Å². The van der Waals surface area contributed by atoms with E-state index in [1.807, 2.05) is 6.92 Å². The van der Waals surface area contributed by atoms with Crippen LogP contribution in [0.3, 0.4) is 0 Å². The van der Waals surface area contributed by atoms with Crippen molar-refractivity contribution in [2.45, 2.75) is 18.4 Å². The number of hydrogen-bond acceptors (Lipinski definition) is 4. The summed E-state index contributed by atoms with van der Waals surface area (Å²) in [4.78, 5) is 14.6. The first kappa shape index (κ1) is 25.1. The summed E-state index contributed by atoms with van der Waals surface area (Å²) >= 11 is 12.1. The number of benzene rings is 3. The number of carbonyl (C=O) groups excluding carboxylic acids is 1. The average Bonchev–Trinajstić information content (AvgIpc) is 2.80. The molecule has 0 N–H and O–H groups in total. The van der Waals surface area contributed by atoms with Crippen LogP contribution in [0.1, 0.15) is 11.1 Å². The number of sulfonamides is 1. The molecule has 0 aliphatic heterocycles. The third-order valence-corrected chi connectivity index (χ3v) is 7.67. The van der Waals surface area contributed by atoms with Gasteiger partial charge in [0.1, 0.15) is 5.75 Å². The quantitative estimate of drug-likeness (QED) is 0.422. The lowest BCUT2D eigenvalue weighted by molar-refractivity contribution is -0.118. The number of ether oxygens (including phenoxy) is 1. The molecule has 0 atom stereocenters. The Morgan fingerprint density at radius 3 is 2.30 bits per heavy atom. The fourth-order valence-electron chi connectivity index (χ4n) is 3.15. The molecule has 3 aromatic carbocycles. The molecule has 0 heterocycles. The third kappa shape index (κ3) is 6.06. The first-order valence-electron chi connectivity index (χ1n) is 10.0. The number of hydrogen-bond donors (Lipinski definition) is 0. The highest BCUT2D eigenvalue weighted by Gasteiger charge is 2.28. The maximum atomic E-state index is 13.5. The van der Waals surface area contributed by atoms with Crippen molar-refractivity contribution in [1.82, 2.24) is 4.31 Å². The summed E-state index contributed by atoms with van der Waals surface area (Å²) in [5.74, 6) is 0.186. The first-order valence-corrected chi connectivity index (χ1v) is 12.2. The SMILES string of the molecule is COc1cccc(N(C)C(=O)CN(Cc2ccc(Cl)c(Cl)c2)S(=O)(=O)c2ccc(C)cc2)c1. The van der Waals surface area contributed by atoms with Gasteiger partial charge in [-0.1, -0.05) is 53.0 Å². The van der Waals surface area contributed by atoms with E-state index in [4.69, 9.17) is 27.9 Å². The number of methoxy groups -OCH3 is 1. The van der Waals surface area contributed by atoms with Crippen LogP contribution in [0.2, 0.25) is 10.0 Å². The second-order valence-corrected chi connectivity index (χ2v) is 10.2. The van der Waals surface area contributed by atoms with Gasteiger partial charge in [-0.05, 0) is 48.9 Å². The molecule has 0 saturated carbocycles. The highest BCUT2D eigenvalue weighted by molar-refractivity contribution is 7.89. The minimum atomic E-state index is -3.98. The van der Waals surface area contributed by atoms with Crippen molar-refractivity contribution in [3.63, 3.8) is 0 Å². The van der Waals surface area contributed by atoms with Crippen LogP contribution in [0.4, 0.5) is 5.69 Å². The van der Waals surface area contributed by atoms with Crippen molar-refractivity contribution in [3.8, 4) is 5.75 Å². The first-order chi connectivity index (χ1) is 15.6. The maximum absolute atomic E-state index is 13.5. The van der Waals surface area contributed by atoms with Crippen molar-refractivity contribution in [3.05, 3.63) is 87.9 Å². The van der Waals surface area contributed by atoms with Crippen molar-refractivity contribution in [2.75, 3.05) is 25.6 Å². The molecule has 0 aromatic heterocycles. The van der Waals surface area contributed by atoms with Gasteiger partial charge in [0.2, 0.25) is 15.9 Å². The summed E-state index contributed by atoms with van der Waals surface area (Å²) in [6.07, 6.45) is 0. The van der Waals surface area contributed by atoms with Gasteiger partial charge < -0.3 is 9.64 Å². The Hall–Kier alpha value is -2.58. The summed E-state index contributed by atoms with van der Waals surface area (Å²) in [6, 6.07) is 18.3. The molecule has 33 heavy (non-hydrogen) atoms. The Bertz CT molecular complexity index is 1250. The van der Waals surface area contributed by atoms with Gasteiger partial charge in [-0.3, -0.25) is 4.79 Å². The number of nitrogens with zero attached hydrogens (tertiary/aromatic N) is 2. The zero-order valence-electron chi connectivity index (χ0n) is 18.5. The van der Waals surface area contributed by atoms with Gasteiger partial charge in [-0.15, -0.1) is 0 Å². The van der Waals surface area contributed by atoms with Crippen LogP contribution in [0.15, 0.2) is 71.6 Å². The number of carbonyl (C=O) groups is 1. The van der Waals surface area contributed by atoms with Gasteiger partial charge in [0.05, 0.1) is 28.6 Å². The molecule has 0 aliphatic carbocycles. The van der Waals surface area contributed by atoms with Gasteiger partial charge in [0.15, 0.2) is 0 Å². The number of rotatable bonds is 8. The van der Waals surface area contributed by atoms with Crippen molar-refractivity contribution < 1.29 is 17.9 Å². The van der Waals surface area contributed by atoms with Crippen LogP contribution in [-0.2, 0) is 21.4 Å². The maximum Gasteiger partial charge on any atom is 0.243 e. The second kappa shape index (κ2) is 10.6. The summed E-state index contributed by atoms with van der Waals surface area (Å²) in [6.45, 7) is 1.45. The standard InChI is InChI=1S/C24H24Cl2N2O4S/c1-17-7-10-21(11-8-17)33(30,31)28(15-18-9-12-22(25)23(26)13-18)16-24(29)27(2)19-5-4-6-20(14-19)32-3/h4-14H,15-16H2,1-3H3. The van der Waals surface area contributed by atoms with E-state index < -0.39 is 15.9 Å². The van der Waals surface area contributed by atoms with E-state index in [1.165, 1.54) is 24.1 Å². The minimum absolute atomic E-state index is 0.0508. The Labute approximate surface area is 204 Å². The molecule has 3 rings (SSSR count). The molecule has 0 spiro atoms. The van der Waals surface area contributed by atoms with Crippen molar-refractivity contribution >= 4 is 44.8 Å². The van der Waals surface area contributed by atoms with E-state index in [9.17, 15) is 13.2 Å². The van der Waals surface area contributed by atoms with E-state index in [2.05, 4.69) is 0 Å².